The zero-order valence-corrected chi connectivity index (χ0v) is 51.5. The van der Waals surface area contributed by atoms with Crippen molar-refractivity contribution < 1.29 is 76.9 Å². The van der Waals surface area contributed by atoms with Gasteiger partial charge in [-0.05, 0) is 69.8 Å². The van der Waals surface area contributed by atoms with Gasteiger partial charge in [-0.3, -0.25) is 62.9 Å². The number of primary amides is 1. The number of fused-ring (bicyclic) bond motifs is 1. The Morgan fingerprint density at radius 1 is 0.567 bits per heavy atom. The maximum absolute atomic E-state index is 14.0. The van der Waals surface area contributed by atoms with E-state index in [4.69, 9.17) is 26.4 Å². The second kappa shape index (κ2) is 41.8. The van der Waals surface area contributed by atoms with Crippen LogP contribution in [0, 0.1) is 5.41 Å². The number of hydrogen-bond acceptors (Lipinski definition) is 17. The van der Waals surface area contributed by atoms with Crippen LogP contribution < -0.4 is 80.6 Å². The van der Waals surface area contributed by atoms with Crippen LogP contribution in [-0.4, -0.2) is 207 Å². The molecule has 90 heavy (non-hydrogen) atoms. The second-order valence-electron chi connectivity index (χ2n) is 21.8. The molecule has 0 unspecified atom stereocenters. The molecule has 13 amide bonds. The minimum atomic E-state index is -1.64. The minimum Gasteiger partial charge on any atom is -0.481 e. The van der Waals surface area contributed by atoms with Crippen LogP contribution in [0.3, 0.4) is 0 Å². The third-order valence-corrected chi connectivity index (χ3v) is 16.0. The van der Waals surface area contributed by atoms with Crippen LogP contribution in [0.4, 0.5) is 4.79 Å². The van der Waals surface area contributed by atoms with Crippen molar-refractivity contribution >= 4 is 94.7 Å². The highest BCUT2D eigenvalue weighted by atomic mass is 32.2. The molecule has 0 saturated carbocycles. The number of amides is 13. The van der Waals surface area contributed by atoms with Gasteiger partial charge in [-0.1, -0.05) is 36.8 Å². The molecule has 0 radical (unpaired) electrons. The average Bonchev–Trinajstić information content (AvgIpc) is 1.73. The van der Waals surface area contributed by atoms with E-state index in [0.29, 0.717) is 43.0 Å². The lowest BCUT2D eigenvalue weighted by atomic mass is 10.0. The Bertz CT molecular complexity index is 2590. The van der Waals surface area contributed by atoms with Gasteiger partial charge in [0.25, 0.3) is 0 Å². The summed E-state index contributed by atoms with van der Waals surface area (Å²) in [6, 6.07) is 2.26. The van der Waals surface area contributed by atoms with E-state index in [2.05, 4.69) is 69.1 Å². The van der Waals surface area contributed by atoms with E-state index in [1.54, 1.807) is 30.3 Å². The van der Waals surface area contributed by atoms with E-state index in [0.717, 1.165) is 25.0 Å². The van der Waals surface area contributed by atoms with E-state index in [1.165, 1.54) is 0 Å². The molecule has 500 valence electrons. The molecule has 3 fully saturated rings. The van der Waals surface area contributed by atoms with Gasteiger partial charge >= 0.3 is 12.0 Å². The second-order valence-corrected chi connectivity index (χ2v) is 23.1. The van der Waals surface area contributed by atoms with E-state index >= 15 is 0 Å². The summed E-state index contributed by atoms with van der Waals surface area (Å²) in [7, 11) is 0. The van der Waals surface area contributed by atoms with Gasteiger partial charge in [0.2, 0.25) is 65.0 Å². The number of benzene rings is 1. The lowest BCUT2D eigenvalue weighted by molar-refractivity contribution is -0.141. The van der Waals surface area contributed by atoms with Crippen LogP contribution in [0.5, 0.6) is 0 Å². The summed E-state index contributed by atoms with van der Waals surface area (Å²) < 4.78 is 10.9. The van der Waals surface area contributed by atoms with E-state index in [9.17, 15) is 67.4 Å². The molecule has 0 aromatic heterocycles. The lowest BCUT2D eigenvalue weighted by Crippen LogP contribution is -2.58. The Balaban J connectivity index is 1.06. The van der Waals surface area contributed by atoms with Crippen LogP contribution in [0.15, 0.2) is 30.3 Å². The number of rotatable bonds is 40. The highest BCUT2D eigenvalue weighted by Crippen LogP contribution is 2.33. The number of carbonyl (C=O) groups is 13. The number of aliphatic carboxylic acids is 1. The molecular formula is C57H90N16O16S. The zero-order chi connectivity index (χ0) is 65.6. The van der Waals surface area contributed by atoms with Crippen molar-refractivity contribution in [2.75, 3.05) is 71.4 Å². The number of carboxylic acid groups (broad SMARTS) is 1. The van der Waals surface area contributed by atoms with E-state index < -0.39 is 108 Å². The largest absolute Gasteiger partial charge is 0.481 e. The number of hydrogen-bond donors (Lipinski definition) is 17. The third-order valence-electron chi connectivity index (χ3n) is 14.5. The molecule has 1 aromatic carbocycles. The number of guanidine groups is 1. The fourth-order valence-electron chi connectivity index (χ4n) is 9.75. The number of carbonyl (C=O) groups excluding carboxylic acids is 12. The molecule has 3 aliphatic heterocycles. The quantitative estimate of drug-likeness (QED) is 0.0129. The Labute approximate surface area is 526 Å². The van der Waals surface area contributed by atoms with Crippen molar-refractivity contribution in [3.8, 4) is 0 Å². The van der Waals surface area contributed by atoms with Crippen molar-refractivity contribution in [1.29, 1.82) is 5.41 Å². The molecule has 3 heterocycles. The number of urea groups is 1. The first-order valence-electron chi connectivity index (χ1n) is 30.5. The molecular weight excluding hydrogens is 1200 g/mol. The molecule has 3 aliphatic rings. The van der Waals surface area contributed by atoms with Crippen molar-refractivity contribution in [2.45, 2.75) is 163 Å². The zero-order valence-electron chi connectivity index (χ0n) is 50.6. The number of thioether (sulfide) groups is 1. The van der Waals surface area contributed by atoms with Crippen molar-refractivity contribution in [2.24, 2.45) is 11.5 Å². The van der Waals surface area contributed by atoms with Gasteiger partial charge in [0.05, 0.1) is 51.5 Å². The van der Waals surface area contributed by atoms with Crippen molar-refractivity contribution in [3.05, 3.63) is 35.9 Å². The molecule has 3 saturated heterocycles. The first-order chi connectivity index (χ1) is 43.2. The smallest absolute Gasteiger partial charge is 0.315 e. The SMILES string of the molecule is N=C(N)NCCC[C@@H]1NC(=O)[C@H](CCCCNC(=O)CCC(=O)NCCOCCOCCNC(=O)CCC(=O)N[C@@H](CCCCNC(=O)CCCC[C@@H]2SC[C@@H]3NC(=O)N[C@@H]32)C(N)=O)NC(=O)[C@@H](Cc2ccccc2)NC(=O)[C@H](CC(=O)O)NC(=O)CNC1=O. The topological polar surface area (TPSA) is 493 Å². The predicted molar refractivity (Wildman–Crippen MR) is 327 cm³/mol. The summed E-state index contributed by atoms with van der Waals surface area (Å²) in [6.45, 7) is 1.03. The lowest BCUT2D eigenvalue weighted by Gasteiger charge is -2.26. The van der Waals surface area contributed by atoms with Crippen LogP contribution >= 0.6 is 11.8 Å². The third kappa shape index (κ3) is 30.7. The Morgan fingerprint density at radius 2 is 1.10 bits per heavy atom. The molecule has 0 bridgehead atoms. The Hall–Kier alpha value is -8.33. The van der Waals surface area contributed by atoms with Crippen LogP contribution in [-0.2, 0) is 73.4 Å². The number of nitrogens with one attached hydrogen (secondary N) is 14. The van der Waals surface area contributed by atoms with Gasteiger partial charge in [-0.2, -0.15) is 11.8 Å². The van der Waals surface area contributed by atoms with Gasteiger partial charge in [0.15, 0.2) is 5.96 Å². The van der Waals surface area contributed by atoms with Gasteiger partial charge in [-0.25, -0.2) is 4.79 Å². The van der Waals surface area contributed by atoms with Gasteiger partial charge < -0.3 is 95.2 Å². The van der Waals surface area contributed by atoms with Crippen molar-refractivity contribution in [3.63, 3.8) is 0 Å². The molecule has 4 rings (SSSR count). The summed E-state index contributed by atoms with van der Waals surface area (Å²) >= 11 is 1.84. The van der Waals surface area contributed by atoms with Crippen LogP contribution in [0.1, 0.15) is 115 Å². The number of nitrogens with two attached hydrogens (primary N) is 2. The summed E-state index contributed by atoms with van der Waals surface area (Å²) in [5.41, 5.74) is 11.5. The number of ether oxygens (including phenoxy) is 2. The maximum Gasteiger partial charge on any atom is 0.315 e. The Morgan fingerprint density at radius 3 is 1.72 bits per heavy atom. The highest BCUT2D eigenvalue weighted by Gasteiger charge is 2.42. The maximum atomic E-state index is 14.0. The number of carboxylic acids is 1. The molecule has 19 N–H and O–H groups in total. The van der Waals surface area contributed by atoms with Crippen LogP contribution in [0.25, 0.3) is 0 Å². The van der Waals surface area contributed by atoms with Gasteiger partial charge in [-0.15, -0.1) is 0 Å². The minimum absolute atomic E-state index is 0.00116. The first-order valence-corrected chi connectivity index (χ1v) is 31.5. The fraction of sp³-hybridized carbons (Fsp3) is 0.649. The number of unbranched alkanes of at least 4 members (excludes halogenated alkanes) is 3. The monoisotopic (exact) mass is 1290 g/mol. The standard InChI is InChI=1S/C57H90N16O16S/c58-51(82)36(13-6-8-22-61-43(74)17-5-4-16-42-50-41(34-90-42)72-57(87)73-50)67-47(78)21-20-46(77)64-26-28-89-30-29-88-27-25-63-45(76)19-18-44(75)62-23-9-7-14-38-53(84)69-37(15-10-24-65-56(59)60)52(83)66-33-48(79)68-40(32-49(80)81)55(86)71-39(54(85)70-38)31-35-11-2-1-3-12-35/h1-3,11-12,36-42,50H,4-10,13-34H2,(H2,58,82)(H,61,74)(H,62,75)(H,63,76)(H,64,77)(H,66,83)(H,67,78)(H,68,79)(H,69,84)(H,70,85)(H,71,86)(H,80,81)(H4,59,60,65)(H2,72,73,87)/t36-,37-,38-,39+,40-,41-,42-,50-/m0/s1. The predicted octanol–water partition coefficient (Wildman–Crippen LogP) is -3.87. The van der Waals surface area contributed by atoms with Gasteiger partial charge in [0, 0.05) is 82.3 Å². The first kappa shape index (κ1) is 74.1. The van der Waals surface area contributed by atoms with Crippen molar-refractivity contribution in [1.82, 2.24) is 69.1 Å². The molecule has 0 aliphatic carbocycles. The normalized spacial score (nSPS) is 20.5. The Kier molecular flexibility index (Phi) is 34.4. The highest BCUT2D eigenvalue weighted by molar-refractivity contribution is 8.00. The van der Waals surface area contributed by atoms with Crippen LogP contribution in [0.2, 0.25) is 0 Å². The summed E-state index contributed by atoms with van der Waals surface area (Å²) in [4.78, 5) is 165. The average molecular weight is 1290 g/mol. The molecule has 33 heteroatoms. The molecule has 32 nitrogen and oxygen atoms in total. The van der Waals surface area contributed by atoms with E-state index in [-0.39, 0.29) is 147 Å². The summed E-state index contributed by atoms with van der Waals surface area (Å²) in [6.07, 6.45) is 3.60. The summed E-state index contributed by atoms with van der Waals surface area (Å²) in [5.74, 6) is -7.65. The van der Waals surface area contributed by atoms with Gasteiger partial charge in [0.1, 0.15) is 30.2 Å². The molecule has 0 spiro atoms. The van der Waals surface area contributed by atoms with E-state index in [1.807, 2.05) is 11.8 Å². The molecule has 8 atom stereocenters. The summed E-state index contributed by atoms with van der Waals surface area (Å²) in [5, 5.41) is 51.8. The fourth-order valence-corrected chi connectivity index (χ4v) is 11.3. The molecule has 1 aromatic rings.